The normalized spacial score (nSPS) is 18.8. The van der Waals surface area contributed by atoms with E-state index in [1.165, 1.54) is 5.57 Å². The molecule has 0 bridgehead atoms. The largest absolute Gasteiger partial charge is 0.487 e. The van der Waals surface area contributed by atoms with E-state index in [4.69, 9.17) is 14.2 Å². The second-order valence-corrected chi connectivity index (χ2v) is 7.46. The zero-order chi connectivity index (χ0) is 26.4. The Morgan fingerprint density at radius 1 is 1.00 bits per heavy atom. The van der Waals surface area contributed by atoms with Crippen LogP contribution in [-0.4, -0.2) is 31.9 Å². The topological polar surface area (TPSA) is 44.8 Å². The summed E-state index contributed by atoms with van der Waals surface area (Å²) in [7, 11) is 0. The lowest BCUT2D eigenvalue weighted by Crippen LogP contribution is -2.13. The second kappa shape index (κ2) is 22.2. The Morgan fingerprint density at radius 3 is 2.21 bits per heavy atom. The van der Waals surface area contributed by atoms with Gasteiger partial charge in [0, 0.05) is 12.2 Å². The van der Waals surface area contributed by atoms with E-state index < -0.39 is 0 Å². The number of ether oxygens (including phenoxy) is 3. The lowest BCUT2D eigenvalue weighted by atomic mass is 10.0. The van der Waals surface area contributed by atoms with Gasteiger partial charge in [0.25, 0.3) is 0 Å². The highest BCUT2D eigenvalue weighted by atomic mass is 16.6. The molecule has 0 aromatic carbocycles. The van der Waals surface area contributed by atoms with Gasteiger partial charge in [-0.25, -0.2) is 4.79 Å². The first-order valence-electron chi connectivity index (χ1n) is 12.3. The third kappa shape index (κ3) is 13.2. The summed E-state index contributed by atoms with van der Waals surface area (Å²) in [6, 6.07) is 0. The molecule has 0 aromatic heterocycles. The first kappa shape index (κ1) is 33.6. The molecule has 0 saturated heterocycles. The Morgan fingerprint density at radius 2 is 1.65 bits per heavy atom. The molecule has 0 aromatic rings. The van der Waals surface area contributed by atoms with Gasteiger partial charge >= 0.3 is 5.97 Å². The van der Waals surface area contributed by atoms with Crippen LogP contribution in [0.3, 0.4) is 0 Å². The molecule has 4 nitrogen and oxygen atoms in total. The monoisotopic (exact) mass is 472 g/mol. The average molecular weight is 473 g/mol. The van der Waals surface area contributed by atoms with Gasteiger partial charge in [0.1, 0.15) is 0 Å². The molecule has 2 unspecified atom stereocenters. The number of carbonyl (C=O) groups is 1. The number of hydrogen-bond donors (Lipinski definition) is 0. The van der Waals surface area contributed by atoms with Crippen molar-refractivity contribution < 1.29 is 19.0 Å². The first-order valence-corrected chi connectivity index (χ1v) is 12.3. The minimum Gasteiger partial charge on any atom is -0.487 e. The maximum atomic E-state index is 12.3. The Bertz CT molecular complexity index is 707. The van der Waals surface area contributed by atoms with E-state index in [1.54, 1.807) is 6.92 Å². The van der Waals surface area contributed by atoms with Crippen molar-refractivity contribution in [2.75, 3.05) is 19.8 Å². The minimum atomic E-state index is -0.378. The molecular formula is C30H48O4. The van der Waals surface area contributed by atoms with Gasteiger partial charge < -0.3 is 14.2 Å². The van der Waals surface area contributed by atoms with Crippen LogP contribution in [0.25, 0.3) is 0 Å². The van der Waals surface area contributed by atoms with Crippen LogP contribution in [0.5, 0.6) is 0 Å². The standard InChI is InChI=1S/C26H40O4.2C2H4/c1-7-11-12-14-20(5)15-13-18-30-21(6)19-22-16-17-24(23(22)8-2)25(28-9-3)26(27)29-10-4;2*1-2/h7-8,11-12,14,19-21H,9-10,13,15-18H2,1-6H3;2*1-2H2/b11-7-,14-12-,22-19-,23-8+,25-24-;;. The molecule has 0 aliphatic heterocycles. The molecule has 0 radical (unpaired) electrons. The van der Waals surface area contributed by atoms with Crippen molar-refractivity contribution in [3.05, 3.63) is 85.3 Å². The van der Waals surface area contributed by atoms with E-state index in [-0.39, 0.29) is 12.1 Å². The number of carbonyl (C=O) groups excluding carboxylic acids is 1. The van der Waals surface area contributed by atoms with Crippen molar-refractivity contribution in [3.63, 3.8) is 0 Å². The summed E-state index contributed by atoms with van der Waals surface area (Å²) in [6.45, 7) is 25.5. The predicted molar refractivity (Wildman–Crippen MR) is 147 cm³/mol. The van der Waals surface area contributed by atoms with Gasteiger partial charge in [-0.15, -0.1) is 26.3 Å². The van der Waals surface area contributed by atoms with E-state index in [2.05, 4.69) is 70.5 Å². The first-order chi connectivity index (χ1) is 16.5. The maximum Gasteiger partial charge on any atom is 0.373 e. The van der Waals surface area contributed by atoms with Crippen molar-refractivity contribution in [1.82, 2.24) is 0 Å². The zero-order valence-corrected chi connectivity index (χ0v) is 22.5. The van der Waals surface area contributed by atoms with Gasteiger partial charge in [0.2, 0.25) is 5.76 Å². The zero-order valence-electron chi connectivity index (χ0n) is 22.5. The van der Waals surface area contributed by atoms with Gasteiger partial charge in [0.15, 0.2) is 0 Å². The van der Waals surface area contributed by atoms with Crippen LogP contribution in [0.15, 0.2) is 85.3 Å². The van der Waals surface area contributed by atoms with E-state index in [1.807, 2.05) is 26.8 Å². The summed E-state index contributed by atoms with van der Waals surface area (Å²) in [5.41, 5.74) is 3.23. The molecule has 192 valence electrons. The van der Waals surface area contributed by atoms with Crippen LogP contribution in [0, 0.1) is 5.92 Å². The highest BCUT2D eigenvalue weighted by Crippen LogP contribution is 2.38. The van der Waals surface area contributed by atoms with Gasteiger partial charge in [-0.1, -0.05) is 43.4 Å². The van der Waals surface area contributed by atoms with E-state index >= 15 is 0 Å². The van der Waals surface area contributed by atoms with Crippen molar-refractivity contribution >= 4 is 5.97 Å². The summed E-state index contributed by atoms with van der Waals surface area (Å²) in [4.78, 5) is 12.3. The Kier molecular flexibility index (Phi) is 21.9. The number of allylic oxidation sites excluding steroid dienone is 8. The van der Waals surface area contributed by atoms with Crippen LogP contribution in [0.1, 0.15) is 67.2 Å². The van der Waals surface area contributed by atoms with Crippen molar-refractivity contribution in [3.8, 4) is 0 Å². The van der Waals surface area contributed by atoms with Gasteiger partial charge in [-0.3, -0.25) is 0 Å². The molecule has 2 atom stereocenters. The number of rotatable bonds is 12. The quantitative estimate of drug-likeness (QED) is 0.0719. The summed E-state index contributed by atoms with van der Waals surface area (Å²) in [6.07, 6.45) is 16.5. The Hall–Kier alpha value is -2.59. The lowest BCUT2D eigenvalue weighted by Gasteiger charge is -2.14. The van der Waals surface area contributed by atoms with Crippen LogP contribution < -0.4 is 0 Å². The molecule has 0 amide bonds. The summed E-state index contributed by atoms with van der Waals surface area (Å²) in [5, 5.41) is 0. The third-order valence-corrected chi connectivity index (χ3v) is 4.99. The fraction of sp³-hybridized carbons (Fsp3) is 0.500. The van der Waals surface area contributed by atoms with Gasteiger partial charge in [-0.2, -0.15) is 0 Å². The van der Waals surface area contributed by atoms with Crippen LogP contribution in [0.4, 0.5) is 0 Å². The highest BCUT2D eigenvalue weighted by Gasteiger charge is 2.27. The fourth-order valence-electron chi connectivity index (χ4n) is 3.57. The molecule has 1 aliphatic carbocycles. The molecule has 34 heavy (non-hydrogen) atoms. The molecule has 1 rings (SSSR count). The maximum absolute atomic E-state index is 12.3. The number of hydrogen-bond acceptors (Lipinski definition) is 4. The SMILES string of the molecule is C/C=C\C=C/C(C)CCCOC(C)/C=C1/CCC(=C(/OCC)C(=O)OCC)/C1=C/C.C=C.C=C. The second-order valence-electron chi connectivity index (χ2n) is 7.46. The lowest BCUT2D eigenvalue weighted by molar-refractivity contribution is -0.142. The van der Waals surface area contributed by atoms with E-state index in [9.17, 15) is 4.79 Å². The molecule has 1 fully saturated rings. The van der Waals surface area contributed by atoms with E-state index in [0.29, 0.717) is 24.9 Å². The average Bonchev–Trinajstić information content (AvgIpc) is 3.25. The molecular weight excluding hydrogens is 424 g/mol. The van der Waals surface area contributed by atoms with Gasteiger partial charge in [0.05, 0.1) is 19.3 Å². The van der Waals surface area contributed by atoms with Crippen LogP contribution in [0.2, 0.25) is 0 Å². The van der Waals surface area contributed by atoms with Crippen molar-refractivity contribution in [2.45, 2.75) is 73.3 Å². The smallest absolute Gasteiger partial charge is 0.373 e. The minimum absolute atomic E-state index is 0.0290. The number of esters is 1. The molecule has 1 saturated carbocycles. The predicted octanol–water partition coefficient (Wildman–Crippen LogP) is 8.06. The molecule has 0 spiro atoms. The molecule has 0 N–H and O–H groups in total. The van der Waals surface area contributed by atoms with E-state index in [0.717, 1.165) is 43.4 Å². The third-order valence-electron chi connectivity index (χ3n) is 4.99. The van der Waals surface area contributed by atoms with Crippen molar-refractivity contribution in [1.29, 1.82) is 0 Å². The Balaban J connectivity index is 0. The molecule has 4 heteroatoms. The summed E-state index contributed by atoms with van der Waals surface area (Å²) >= 11 is 0. The Labute approximate surface area is 209 Å². The summed E-state index contributed by atoms with van der Waals surface area (Å²) in [5.74, 6) is 0.525. The van der Waals surface area contributed by atoms with Crippen LogP contribution in [-0.2, 0) is 19.0 Å². The van der Waals surface area contributed by atoms with Crippen LogP contribution >= 0.6 is 0 Å². The molecule has 0 heterocycles. The fourth-order valence-corrected chi connectivity index (χ4v) is 3.57. The van der Waals surface area contributed by atoms with Gasteiger partial charge in [-0.05, 0) is 77.4 Å². The summed E-state index contributed by atoms with van der Waals surface area (Å²) < 4.78 is 16.9. The molecule has 1 aliphatic rings. The van der Waals surface area contributed by atoms with Crippen molar-refractivity contribution in [2.24, 2.45) is 5.92 Å². The highest BCUT2D eigenvalue weighted by molar-refractivity contribution is 5.89.